The lowest BCUT2D eigenvalue weighted by Gasteiger charge is -2.29. The average Bonchev–Trinajstić information content (AvgIpc) is 3.17. The Morgan fingerprint density at radius 2 is 2.18 bits per heavy atom. The highest BCUT2D eigenvalue weighted by Crippen LogP contribution is 2.25. The molecule has 2 aliphatic rings. The number of hydrogen-bond donors (Lipinski definition) is 1. The molecule has 6 heteroatoms. The maximum atomic E-state index is 5.35. The van der Waals surface area contributed by atoms with E-state index in [9.17, 15) is 0 Å². The molecule has 0 unspecified atom stereocenters. The van der Waals surface area contributed by atoms with Crippen molar-refractivity contribution in [1.82, 2.24) is 19.8 Å². The quantitative estimate of drug-likeness (QED) is 0.655. The second-order valence-electron chi connectivity index (χ2n) is 7.36. The van der Waals surface area contributed by atoms with E-state index in [1.165, 1.54) is 29.8 Å². The molecule has 0 atom stereocenters. The lowest BCUT2D eigenvalue weighted by atomic mass is 9.99. The molecule has 1 aromatic heterocycles. The summed E-state index contributed by atoms with van der Waals surface area (Å²) in [6, 6.07) is 8.29. The van der Waals surface area contributed by atoms with E-state index in [0.717, 1.165) is 56.4 Å². The Balaban J connectivity index is 1.37. The number of aromatic nitrogens is 2. The van der Waals surface area contributed by atoms with Crippen LogP contribution >= 0.6 is 0 Å². The van der Waals surface area contributed by atoms with Crippen LogP contribution in [0.25, 0.3) is 5.57 Å². The van der Waals surface area contributed by atoms with Gasteiger partial charge in [-0.2, -0.15) is 0 Å². The van der Waals surface area contributed by atoms with Gasteiger partial charge in [-0.15, -0.1) is 0 Å². The standard InChI is InChI=1S/C22H29N5O/c1-23-22(24-15-19-16-27-11-4-3-8-21(27)25-19)26-12-9-17(10-13-26)18-6-5-7-20(14-18)28-2/h5-7,9,14,16H,3-4,8,10-13,15H2,1-2H3,(H,23,24). The molecule has 3 heterocycles. The summed E-state index contributed by atoms with van der Waals surface area (Å²) < 4.78 is 7.65. The maximum Gasteiger partial charge on any atom is 0.194 e. The minimum absolute atomic E-state index is 0.718. The van der Waals surface area contributed by atoms with Crippen LogP contribution in [0.2, 0.25) is 0 Å². The SMILES string of the molecule is CN=C(NCc1cn2c(n1)CCCC2)N1CC=C(c2cccc(OC)c2)CC1. The smallest absolute Gasteiger partial charge is 0.194 e. The van der Waals surface area contributed by atoms with E-state index in [2.05, 4.69) is 44.2 Å². The highest BCUT2D eigenvalue weighted by atomic mass is 16.5. The predicted molar refractivity (Wildman–Crippen MR) is 113 cm³/mol. The number of hydrogen-bond acceptors (Lipinski definition) is 3. The summed E-state index contributed by atoms with van der Waals surface area (Å²) in [6.45, 7) is 3.62. The number of guanidine groups is 1. The van der Waals surface area contributed by atoms with Gasteiger partial charge >= 0.3 is 0 Å². The molecule has 1 N–H and O–H groups in total. The van der Waals surface area contributed by atoms with Crippen LogP contribution in [0.4, 0.5) is 0 Å². The Morgan fingerprint density at radius 3 is 2.93 bits per heavy atom. The molecule has 0 spiro atoms. The summed E-state index contributed by atoms with van der Waals surface area (Å²) >= 11 is 0. The van der Waals surface area contributed by atoms with Crippen molar-refractivity contribution in [3.8, 4) is 5.75 Å². The first-order chi connectivity index (χ1) is 13.8. The van der Waals surface area contributed by atoms with E-state index in [1.807, 2.05) is 19.2 Å². The van der Waals surface area contributed by atoms with E-state index in [0.29, 0.717) is 0 Å². The minimum atomic E-state index is 0.718. The fourth-order valence-electron chi connectivity index (χ4n) is 4.01. The Hall–Kier alpha value is -2.76. The van der Waals surface area contributed by atoms with Crippen molar-refractivity contribution in [3.63, 3.8) is 0 Å². The first kappa shape index (κ1) is 18.6. The van der Waals surface area contributed by atoms with Gasteiger partial charge in [-0.3, -0.25) is 4.99 Å². The molecule has 28 heavy (non-hydrogen) atoms. The zero-order chi connectivity index (χ0) is 19.3. The molecule has 148 valence electrons. The third-order valence-corrected chi connectivity index (χ3v) is 5.55. The third-order valence-electron chi connectivity index (χ3n) is 5.55. The van der Waals surface area contributed by atoms with E-state index in [-0.39, 0.29) is 0 Å². The molecular weight excluding hydrogens is 350 g/mol. The van der Waals surface area contributed by atoms with Gasteiger partial charge in [0, 0.05) is 39.3 Å². The van der Waals surface area contributed by atoms with Crippen molar-refractivity contribution in [2.75, 3.05) is 27.2 Å². The molecule has 6 nitrogen and oxygen atoms in total. The second kappa shape index (κ2) is 8.50. The van der Waals surface area contributed by atoms with E-state index in [1.54, 1.807) is 7.11 Å². The van der Waals surface area contributed by atoms with Gasteiger partial charge in [0.25, 0.3) is 0 Å². The number of benzene rings is 1. The van der Waals surface area contributed by atoms with Crippen LogP contribution in [0, 0.1) is 0 Å². The molecule has 4 rings (SSSR count). The predicted octanol–water partition coefficient (Wildman–Crippen LogP) is 3.09. The topological polar surface area (TPSA) is 54.7 Å². The van der Waals surface area contributed by atoms with Crippen LogP contribution in [0.15, 0.2) is 41.5 Å². The Bertz CT molecular complexity index is 859. The monoisotopic (exact) mass is 379 g/mol. The lowest BCUT2D eigenvalue weighted by Crippen LogP contribution is -2.43. The number of nitrogens with zero attached hydrogens (tertiary/aromatic N) is 4. The van der Waals surface area contributed by atoms with Gasteiger partial charge in [0.2, 0.25) is 0 Å². The van der Waals surface area contributed by atoms with Crippen molar-refractivity contribution < 1.29 is 4.74 Å². The molecule has 1 aromatic carbocycles. The lowest BCUT2D eigenvalue weighted by molar-refractivity contribution is 0.414. The fraction of sp³-hybridized carbons (Fsp3) is 0.455. The molecule has 0 saturated heterocycles. The highest BCUT2D eigenvalue weighted by molar-refractivity contribution is 5.81. The summed E-state index contributed by atoms with van der Waals surface area (Å²) in [4.78, 5) is 11.5. The van der Waals surface area contributed by atoms with Gasteiger partial charge in [0.05, 0.1) is 19.3 Å². The molecule has 0 saturated carbocycles. The van der Waals surface area contributed by atoms with Crippen molar-refractivity contribution in [3.05, 3.63) is 53.6 Å². The number of aliphatic imine (C=N–C) groups is 1. The fourth-order valence-corrected chi connectivity index (χ4v) is 4.01. The van der Waals surface area contributed by atoms with Crippen LogP contribution in [0.3, 0.4) is 0 Å². The highest BCUT2D eigenvalue weighted by Gasteiger charge is 2.17. The van der Waals surface area contributed by atoms with Crippen molar-refractivity contribution >= 4 is 11.5 Å². The summed E-state index contributed by atoms with van der Waals surface area (Å²) in [5.74, 6) is 3.06. The van der Waals surface area contributed by atoms with Gasteiger partial charge in [-0.25, -0.2) is 4.98 Å². The summed E-state index contributed by atoms with van der Waals surface area (Å²) in [5.41, 5.74) is 3.71. The number of aryl methyl sites for hydroxylation is 2. The first-order valence-corrected chi connectivity index (χ1v) is 10.1. The van der Waals surface area contributed by atoms with Gasteiger partial charge in [-0.05, 0) is 42.5 Å². The van der Waals surface area contributed by atoms with Crippen LogP contribution in [-0.4, -0.2) is 47.7 Å². The summed E-state index contributed by atoms with van der Waals surface area (Å²) in [7, 11) is 3.56. The molecular formula is C22H29N5O. The largest absolute Gasteiger partial charge is 0.497 e. The number of fused-ring (bicyclic) bond motifs is 1. The zero-order valence-electron chi connectivity index (χ0n) is 16.8. The molecule has 2 aromatic rings. The molecule has 0 aliphatic carbocycles. The van der Waals surface area contributed by atoms with Crippen LogP contribution < -0.4 is 10.1 Å². The minimum Gasteiger partial charge on any atom is -0.497 e. The van der Waals surface area contributed by atoms with Gasteiger partial charge < -0.3 is 19.5 Å². The number of imidazole rings is 1. The number of nitrogens with one attached hydrogen (secondary N) is 1. The molecule has 0 fully saturated rings. The number of methoxy groups -OCH3 is 1. The number of ether oxygens (including phenoxy) is 1. The average molecular weight is 380 g/mol. The van der Waals surface area contributed by atoms with Crippen molar-refractivity contribution in [1.29, 1.82) is 0 Å². The first-order valence-electron chi connectivity index (χ1n) is 10.1. The Labute approximate surface area is 166 Å². The third kappa shape index (κ3) is 4.06. The molecule has 0 radical (unpaired) electrons. The summed E-state index contributed by atoms with van der Waals surface area (Å²) in [5, 5.41) is 3.49. The van der Waals surface area contributed by atoms with Crippen molar-refractivity contribution in [2.24, 2.45) is 4.99 Å². The maximum absolute atomic E-state index is 5.35. The zero-order valence-corrected chi connectivity index (χ0v) is 16.8. The van der Waals surface area contributed by atoms with Crippen LogP contribution in [0.5, 0.6) is 5.75 Å². The van der Waals surface area contributed by atoms with E-state index in [4.69, 9.17) is 9.72 Å². The number of rotatable bonds is 4. The Kier molecular flexibility index (Phi) is 5.65. The van der Waals surface area contributed by atoms with Gasteiger partial charge in [0.15, 0.2) is 5.96 Å². The van der Waals surface area contributed by atoms with E-state index < -0.39 is 0 Å². The molecule has 0 bridgehead atoms. The van der Waals surface area contributed by atoms with Gasteiger partial charge in [0.1, 0.15) is 11.6 Å². The summed E-state index contributed by atoms with van der Waals surface area (Å²) in [6.07, 6.45) is 9.08. The van der Waals surface area contributed by atoms with Crippen LogP contribution in [-0.2, 0) is 19.5 Å². The molecule has 2 aliphatic heterocycles. The Morgan fingerprint density at radius 1 is 1.25 bits per heavy atom. The molecule has 0 amide bonds. The van der Waals surface area contributed by atoms with Crippen LogP contribution in [0.1, 0.15) is 36.3 Å². The van der Waals surface area contributed by atoms with Crippen molar-refractivity contribution in [2.45, 2.75) is 38.8 Å². The van der Waals surface area contributed by atoms with E-state index >= 15 is 0 Å². The van der Waals surface area contributed by atoms with Gasteiger partial charge in [-0.1, -0.05) is 18.2 Å². The second-order valence-corrected chi connectivity index (χ2v) is 7.36. The normalized spacial score (nSPS) is 17.1.